The SMILES string of the molecule is Nc1ccn([C@@H]2O[C@H](COP(=O)(O)OP(=O)(O)OP(=O)(O)OP(=O)(O)OC[C@H]3O[C@@H](n4ccc(=O)[nH]c4=O)[C@@H]4OC(Cc5ccccc5)O[C@@H]43)[C@H]3OC(Cc4ccccc4)O[C@H]32)c(=O)n1. The van der Waals surface area contributed by atoms with Crippen LogP contribution in [0.2, 0.25) is 0 Å². The molecule has 6 unspecified atom stereocenters. The molecule has 0 amide bonds. The van der Waals surface area contributed by atoms with Crippen molar-refractivity contribution < 1.29 is 88.2 Å². The Balaban J connectivity index is 0.880. The number of phosphoric ester groups is 2. The number of nitrogens with two attached hydrogens (primary N) is 1. The van der Waals surface area contributed by atoms with Crippen molar-refractivity contribution in [3.05, 3.63) is 128 Å². The lowest BCUT2D eigenvalue weighted by molar-refractivity contribution is -0.150. The predicted octanol–water partition coefficient (Wildman–Crippen LogP) is 1.36. The molecule has 4 aliphatic rings. The highest BCUT2D eigenvalue weighted by Gasteiger charge is 2.56. The number of hydrogen-bond acceptors (Lipinski definition) is 20. The smallest absolute Gasteiger partial charge is 0.383 e. The monoisotopic (exact) mass is 993 g/mol. The van der Waals surface area contributed by atoms with Gasteiger partial charge in [0.15, 0.2) is 25.0 Å². The Morgan fingerprint density at radius 1 is 0.585 bits per heavy atom. The maximum absolute atomic E-state index is 12.9. The summed E-state index contributed by atoms with van der Waals surface area (Å²) in [5, 5.41) is 0. The first-order valence-electron chi connectivity index (χ1n) is 19.1. The van der Waals surface area contributed by atoms with Crippen LogP contribution < -0.4 is 22.7 Å². The number of rotatable bonds is 18. The number of benzene rings is 2. The Morgan fingerprint density at radius 2 is 1.02 bits per heavy atom. The minimum atomic E-state index is -6.21. The van der Waals surface area contributed by atoms with Gasteiger partial charge in [0, 0.05) is 31.3 Å². The van der Waals surface area contributed by atoms with Crippen molar-refractivity contribution in [1.29, 1.82) is 0 Å². The van der Waals surface area contributed by atoms with Crippen LogP contribution in [0.15, 0.2) is 99.6 Å². The molecule has 352 valence electrons. The summed E-state index contributed by atoms with van der Waals surface area (Å²) in [7, 11) is -24.0. The fourth-order valence-corrected chi connectivity index (χ4v) is 12.3. The van der Waals surface area contributed by atoms with Gasteiger partial charge in [-0.3, -0.25) is 28.0 Å². The molecule has 65 heavy (non-hydrogen) atoms. The fourth-order valence-electron chi connectivity index (χ4n) is 7.37. The number of nitrogens with one attached hydrogen (secondary N) is 1. The molecule has 6 heterocycles. The number of aromatic amines is 1. The Morgan fingerprint density at radius 3 is 1.48 bits per heavy atom. The molecule has 7 N–H and O–H groups in total. The summed E-state index contributed by atoms with van der Waals surface area (Å²) in [6.07, 6.45) is -8.48. The summed E-state index contributed by atoms with van der Waals surface area (Å²) in [4.78, 5) is 83.9. The third-order valence-corrected chi connectivity index (χ3v) is 15.9. The lowest BCUT2D eigenvalue weighted by Crippen LogP contribution is -2.36. The molecule has 4 saturated heterocycles. The lowest BCUT2D eigenvalue weighted by atomic mass is 10.1. The molecule has 0 radical (unpaired) electrons. The third-order valence-electron chi connectivity index (χ3n) is 9.97. The molecule has 0 bridgehead atoms. The summed E-state index contributed by atoms with van der Waals surface area (Å²) in [5.41, 5.74) is 4.78. The summed E-state index contributed by atoms with van der Waals surface area (Å²) in [6, 6.07) is 20.3. The van der Waals surface area contributed by atoms with Gasteiger partial charge in [-0.2, -0.15) is 17.9 Å². The van der Waals surface area contributed by atoms with E-state index in [9.17, 15) is 52.2 Å². The van der Waals surface area contributed by atoms with Gasteiger partial charge in [-0.05, 0) is 17.2 Å². The number of H-pyrrole nitrogens is 1. The van der Waals surface area contributed by atoms with E-state index in [1.165, 1.54) is 12.3 Å². The number of nitrogen functional groups attached to an aromatic ring is 1. The molecule has 27 nitrogen and oxygen atoms in total. The van der Waals surface area contributed by atoms with Gasteiger partial charge in [-0.1, -0.05) is 60.7 Å². The molecule has 0 saturated carbocycles. The quantitative estimate of drug-likeness (QED) is 0.0766. The number of ether oxygens (including phenoxy) is 6. The maximum atomic E-state index is 12.9. The maximum Gasteiger partial charge on any atom is 0.490 e. The van der Waals surface area contributed by atoms with Crippen LogP contribution in [-0.4, -0.2) is 101 Å². The van der Waals surface area contributed by atoms with E-state index in [1.54, 1.807) is 48.5 Å². The van der Waals surface area contributed by atoms with Crippen molar-refractivity contribution in [3.8, 4) is 0 Å². The molecular weight excluding hydrogens is 954 g/mol. The van der Waals surface area contributed by atoms with E-state index in [4.69, 9.17) is 43.2 Å². The molecule has 2 aromatic carbocycles. The van der Waals surface area contributed by atoms with E-state index in [0.29, 0.717) is 0 Å². The highest BCUT2D eigenvalue weighted by atomic mass is 31.3. The highest BCUT2D eigenvalue weighted by molar-refractivity contribution is 7.69. The average Bonchev–Trinajstić information content (AvgIpc) is 3.97. The first-order chi connectivity index (χ1) is 30.7. The number of phosphoric acid groups is 4. The Labute approximate surface area is 364 Å². The normalized spacial score (nSPS) is 31.0. The van der Waals surface area contributed by atoms with Crippen molar-refractivity contribution in [3.63, 3.8) is 0 Å². The van der Waals surface area contributed by atoms with Crippen molar-refractivity contribution >= 4 is 37.1 Å². The zero-order chi connectivity index (χ0) is 46.3. The van der Waals surface area contributed by atoms with Gasteiger partial charge in [0.1, 0.15) is 42.4 Å². The van der Waals surface area contributed by atoms with Gasteiger partial charge in [-0.25, -0.2) is 27.8 Å². The number of nitrogens with zero attached hydrogens (tertiary/aromatic N) is 3. The lowest BCUT2D eigenvalue weighted by Gasteiger charge is -2.23. The molecule has 31 heteroatoms. The molecule has 4 fully saturated rings. The van der Waals surface area contributed by atoms with Crippen LogP contribution in [0.1, 0.15) is 23.6 Å². The predicted molar refractivity (Wildman–Crippen MR) is 214 cm³/mol. The first-order valence-corrected chi connectivity index (χ1v) is 25.1. The van der Waals surface area contributed by atoms with Crippen LogP contribution >= 0.6 is 31.3 Å². The zero-order valence-corrected chi connectivity index (χ0v) is 36.6. The number of anilines is 1. The second-order valence-corrected chi connectivity index (χ2v) is 20.8. The van der Waals surface area contributed by atoms with E-state index in [1.807, 2.05) is 12.1 Å². The van der Waals surface area contributed by atoms with Gasteiger partial charge in [-0.15, -0.1) is 0 Å². The van der Waals surface area contributed by atoms with Gasteiger partial charge >= 0.3 is 42.7 Å². The molecule has 0 aliphatic carbocycles. The fraction of sp³-hybridized carbons (Fsp3) is 0.412. The average molecular weight is 994 g/mol. The zero-order valence-electron chi connectivity index (χ0n) is 33.0. The van der Waals surface area contributed by atoms with Crippen LogP contribution in [0.5, 0.6) is 0 Å². The van der Waals surface area contributed by atoms with Crippen LogP contribution in [0.4, 0.5) is 5.82 Å². The van der Waals surface area contributed by atoms with E-state index >= 15 is 0 Å². The first kappa shape index (κ1) is 47.6. The number of hydrogen-bond donors (Lipinski definition) is 6. The van der Waals surface area contributed by atoms with Crippen LogP contribution in [0.3, 0.4) is 0 Å². The number of fused-ring (bicyclic) bond motifs is 2. The van der Waals surface area contributed by atoms with Crippen LogP contribution in [-0.2, 0) is 81.5 Å². The van der Waals surface area contributed by atoms with Gasteiger partial charge in [0.25, 0.3) is 5.56 Å². The summed E-state index contributed by atoms with van der Waals surface area (Å²) < 4.78 is 111. The molecule has 14 atom stereocenters. The molecule has 0 spiro atoms. The van der Waals surface area contributed by atoms with Gasteiger partial charge in [0.05, 0.1) is 13.2 Å². The molecule has 2 aromatic heterocycles. The van der Waals surface area contributed by atoms with E-state index in [2.05, 4.69) is 22.9 Å². The van der Waals surface area contributed by atoms with Crippen molar-refractivity contribution in [2.75, 3.05) is 18.9 Å². The van der Waals surface area contributed by atoms with Crippen molar-refractivity contribution in [1.82, 2.24) is 19.1 Å². The van der Waals surface area contributed by atoms with Crippen molar-refractivity contribution in [2.45, 2.75) is 74.5 Å². The third kappa shape index (κ3) is 11.6. The number of aromatic nitrogens is 4. The Kier molecular flexibility index (Phi) is 13.9. The highest BCUT2D eigenvalue weighted by Crippen LogP contribution is 2.71. The van der Waals surface area contributed by atoms with Crippen molar-refractivity contribution in [2.24, 2.45) is 0 Å². The standard InChI is InChI=1S/C34H39N5O22P4/c35-23-11-13-38(33(41)36-23)31-29-27(55-25(57-29)15-19-7-3-1-4-8-19)21(53-31)17-51-62(43,44)59-64(47,48)61-65(49,50)60-63(45,46)52-18-22-28-30(32(54-22)39-14-12-24(40)37-34(39)42)58-26(56-28)16-20-9-5-2-6-10-20/h1-14,21-22,25-32H,15-18H2,(H,43,44)(H,45,46)(H,47,48)(H,49,50)(H2,35,36,41)(H,37,40,42)/t21-,22-,25?,26?,27-,28-,29-,30-,31-,32-/m1/s1. The second kappa shape index (κ2) is 19.0. The van der Waals surface area contributed by atoms with Gasteiger partial charge < -0.3 is 53.7 Å². The van der Waals surface area contributed by atoms with E-state index in [0.717, 1.165) is 32.5 Å². The van der Waals surface area contributed by atoms with Crippen LogP contribution in [0, 0.1) is 0 Å². The molecule has 4 aliphatic heterocycles. The topological polar surface area (TPSA) is 366 Å². The Hall–Kier alpha value is -3.88. The minimum Gasteiger partial charge on any atom is -0.383 e. The summed E-state index contributed by atoms with van der Waals surface area (Å²) in [6.45, 7) is -1.91. The molecule has 4 aromatic rings. The van der Waals surface area contributed by atoms with E-state index in [-0.39, 0.29) is 18.7 Å². The minimum absolute atomic E-state index is 0.0926. The van der Waals surface area contributed by atoms with Gasteiger partial charge in [0.2, 0.25) is 0 Å². The summed E-state index contributed by atoms with van der Waals surface area (Å²) in [5.74, 6) is -0.0926. The Bertz CT molecular complexity index is 2730. The largest absolute Gasteiger partial charge is 0.490 e. The summed E-state index contributed by atoms with van der Waals surface area (Å²) >= 11 is 0. The van der Waals surface area contributed by atoms with Crippen LogP contribution in [0.25, 0.3) is 0 Å². The molecule has 8 rings (SSSR count). The van der Waals surface area contributed by atoms with E-state index < -0.39 is 123 Å². The molecular formula is C34H39N5O22P4. The second-order valence-electron chi connectivity index (χ2n) is 14.5.